The molecule has 22 heavy (non-hydrogen) atoms. The third-order valence-electron chi connectivity index (χ3n) is 3.90. The highest BCUT2D eigenvalue weighted by molar-refractivity contribution is 6.30. The van der Waals surface area contributed by atoms with E-state index in [1.165, 1.54) is 10.9 Å². The first-order valence-corrected chi connectivity index (χ1v) is 7.74. The number of rotatable bonds is 4. The first-order chi connectivity index (χ1) is 10.6. The second-order valence-corrected chi connectivity index (χ2v) is 6.08. The van der Waals surface area contributed by atoms with Crippen LogP contribution in [0, 0.1) is 13.8 Å². The molecule has 0 unspecified atom stereocenters. The van der Waals surface area contributed by atoms with Crippen LogP contribution in [0.5, 0.6) is 0 Å². The van der Waals surface area contributed by atoms with E-state index in [0.29, 0.717) is 0 Å². The minimum absolute atomic E-state index is 0.775. The van der Waals surface area contributed by atoms with E-state index in [1.54, 1.807) is 0 Å². The lowest BCUT2D eigenvalue weighted by atomic mass is 10.1. The van der Waals surface area contributed by atoms with E-state index < -0.39 is 0 Å². The van der Waals surface area contributed by atoms with Gasteiger partial charge in [-0.3, -0.25) is 0 Å². The van der Waals surface area contributed by atoms with Crippen molar-refractivity contribution in [2.75, 3.05) is 12.4 Å². The van der Waals surface area contributed by atoms with Crippen molar-refractivity contribution in [2.45, 2.75) is 20.4 Å². The highest BCUT2D eigenvalue weighted by atomic mass is 35.5. The predicted molar refractivity (Wildman–Crippen MR) is 95.3 cm³/mol. The van der Waals surface area contributed by atoms with Crippen molar-refractivity contribution < 1.29 is 0 Å². The summed E-state index contributed by atoms with van der Waals surface area (Å²) in [4.78, 5) is 3.34. The Morgan fingerprint density at radius 3 is 2.50 bits per heavy atom. The van der Waals surface area contributed by atoms with Gasteiger partial charge in [0, 0.05) is 40.0 Å². The summed E-state index contributed by atoms with van der Waals surface area (Å²) in [6.07, 6.45) is 2.06. The van der Waals surface area contributed by atoms with E-state index in [0.717, 1.165) is 39.6 Å². The van der Waals surface area contributed by atoms with E-state index in [1.807, 2.05) is 19.2 Å². The second kappa shape index (κ2) is 6.03. The number of halogens is 1. The van der Waals surface area contributed by atoms with Crippen molar-refractivity contribution >= 4 is 33.9 Å². The van der Waals surface area contributed by atoms with Gasteiger partial charge in [-0.2, -0.15) is 0 Å². The fraction of sp³-hybridized carbons (Fsp3) is 0.222. The summed E-state index contributed by atoms with van der Waals surface area (Å²) in [7, 11) is 1.96. The van der Waals surface area contributed by atoms with Crippen molar-refractivity contribution in [2.24, 2.45) is 0 Å². The Kier molecular flexibility index (Phi) is 4.10. The maximum atomic E-state index is 6.10. The van der Waals surface area contributed by atoms with E-state index >= 15 is 0 Å². The zero-order valence-corrected chi connectivity index (χ0v) is 13.8. The molecule has 3 N–H and O–H groups in total. The Bertz CT molecular complexity index is 797. The molecule has 0 saturated carbocycles. The SMILES string of the molecule is CNCc1c[nH]c2cc(Nc3c(C)cc(Cl)cc3C)ccc12. The zero-order chi connectivity index (χ0) is 15.7. The Morgan fingerprint density at radius 1 is 1.09 bits per heavy atom. The van der Waals surface area contributed by atoms with Gasteiger partial charge >= 0.3 is 0 Å². The fourth-order valence-electron chi connectivity index (χ4n) is 2.85. The largest absolute Gasteiger partial charge is 0.361 e. The van der Waals surface area contributed by atoms with Gasteiger partial charge in [-0.15, -0.1) is 0 Å². The van der Waals surface area contributed by atoms with Crippen molar-refractivity contribution in [1.29, 1.82) is 0 Å². The predicted octanol–water partition coefficient (Wildman–Crippen LogP) is 4.90. The van der Waals surface area contributed by atoms with Crippen LogP contribution >= 0.6 is 11.6 Å². The summed E-state index contributed by atoms with van der Waals surface area (Å²) < 4.78 is 0. The van der Waals surface area contributed by atoms with Gasteiger partial charge in [0.05, 0.1) is 0 Å². The Morgan fingerprint density at radius 2 is 1.82 bits per heavy atom. The molecule has 0 spiro atoms. The quantitative estimate of drug-likeness (QED) is 0.641. The maximum Gasteiger partial charge on any atom is 0.0478 e. The molecule has 0 fully saturated rings. The normalized spacial score (nSPS) is 11.1. The minimum atomic E-state index is 0.775. The number of nitrogens with one attached hydrogen (secondary N) is 3. The van der Waals surface area contributed by atoms with Gasteiger partial charge in [-0.25, -0.2) is 0 Å². The molecule has 0 aliphatic rings. The average Bonchev–Trinajstić information content (AvgIpc) is 2.86. The van der Waals surface area contributed by atoms with Crippen molar-refractivity contribution in [3.05, 3.63) is 58.2 Å². The third-order valence-corrected chi connectivity index (χ3v) is 4.12. The van der Waals surface area contributed by atoms with Crippen LogP contribution in [-0.2, 0) is 6.54 Å². The van der Waals surface area contributed by atoms with Gasteiger partial charge in [0.25, 0.3) is 0 Å². The second-order valence-electron chi connectivity index (χ2n) is 5.64. The van der Waals surface area contributed by atoms with Crippen LogP contribution in [0.15, 0.2) is 36.5 Å². The first-order valence-electron chi connectivity index (χ1n) is 7.37. The molecule has 0 atom stereocenters. The van der Waals surface area contributed by atoms with Gasteiger partial charge < -0.3 is 15.6 Å². The summed E-state index contributed by atoms with van der Waals surface area (Å²) in [6, 6.07) is 10.4. The number of hydrogen-bond acceptors (Lipinski definition) is 2. The summed E-state index contributed by atoms with van der Waals surface area (Å²) >= 11 is 6.10. The summed E-state index contributed by atoms with van der Waals surface area (Å²) in [5.41, 5.74) is 6.90. The van der Waals surface area contributed by atoms with Gasteiger partial charge in [-0.1, -0.05) is 17.7 Å². The average molecular weight is 314 g/mol. The number of aromatic nitrogens is 1. The van der Waals surface area contributed by atoms with Crippen molar-refractivity contribution in [3.8, 4) is 0 Å². The van der Waals surface area contributed by atoms with Gasteiger partial charge in [0.15, 0.2) is 0 Å². The lowest BCUT2D eigenvalue weighted by Gasteiger charge is -2.13. The molecule has 1 heterocycles. The van der Waals surface area contributed by atoms with E-state index in [-0.39, 0.29) is 0 Å². The third kappa shape index (κ3) is 2.82. The van der Waals surface area contributed by atoms with Gasteiger partial charge in [0.2, 0.25) is 0 Å². The molecule has 0 radical (unpaired) electrons. The molecule has 0 saturated heterocycles. The topological polar surface area (TPSA) is 39.9 Å². The van der Waals surface area contributed by atoms with Crippen LogP contribution in [0.3, 0.4) is 0 Å². The lowest BCUT2D eigenvalue weighted by Crippen LogP contribution is -2.03. The zero-order valence-electron chi connectivity index (χ0n) is 13.0. The van der Waals surface area contributed by atoms with Crippen LogP contribution in [0.2, 0.25) is 5.02 Å². The van der Waals surface area contributed by atoms with Crippen LogP contribution < -0.4 is 10.6 Å². The fourth-order valence-corrected chi connectivity index (χ4v) is 3.18. The Labute approximate surface area is 135 Å². The van der Waals surface area contributed by atoms with E-state index in [4.69, 9.17) is 11.6 Å². The summed E-state index contributed by atoms with van der Waals surface area (Å²) in [5.74, 6) is 0. The van der Waals surface area contributed by atoms with Crippen LogP contribution in [-0.4, -0.2) is 12.0 Å². The summed E-state index contributed by atoms with van der Waals surface area (Å²) in [5, 5.41) is 8.72. The molecule has 0 amide bonds. The molecule has 0 bridgehead atoms. The number of H-pyrrole nitrogens is 1. The molecule has 2 aromatic carbocycles. The smallest absolute Gasteiger partial charge is 0.0478 e. The Hall–Kier alpha value is -1.97. The number of fused-ring (bicyclic) bond motifs is 1. The van der Waals surface area contributed by atoms with Gasteiger partial charge in [0.1, 0.15) is 0 Å². The highest BCUT2D eigenvalue weighted by Crippen LogP contribution is 2.29. The number of aryl methyl sites for hydroxylation is 2. The van der Waals surface area contributed by atoms with Gasteiger partial charge in [-0.05, 0) is 61.9 Å². The molecule has 3 rings (SSSR count). The molecule has 0 aliphatic heterocycles. The van der Waals surface area contributed by atoms with Crippen molar-refractivity contribution in [1.82, 2.24) is 10.3 Å². The van der Waals surface area contributed by atoms with E-state index in [2.05, 4.69) is 53.9 Å². The standard InChI is InChI=1S/C18H20ClN3/c1-11-6-14(19)7-12(2)18(11)22-15-4-5-16-13(9-20-3)10-21-17(16)8-15/h4-8,10,20-22H,9H2,1-3H3. The molecule has 1 aromatic heterocycles. The minimum Gasteiger partial charge on any atom is -0.361 e. The molecule has 3 aromatic rings. The van der Waals surface area contributed by atoms with Crippen LogP contribution in [0.4, 0.5) is 11.4 Å². The molecular formula is C18H20ClN3. The number of benzene rings is 2. The van der Waals surface area contributed by atoms with Crippen molar-refractivity contribution in [3.63, 3.8) is 0 Å². The molecule has 3 nitrogen and oxygen atoms in total. The maximum absolute atomic E-state index is 6.10. The van der Waals surface area contributed by atoms with Crippen LogP contribution in [0.1, 0.15) is 16.7 Å². The van der Waals surface area contributed by atoms with E-state index in [9.17, 15) is 0 Å². The number of anilines is 2. The lowest BCUT2D eigenvalue weighted by molar-refractivity contribution is 0.823. The molecule has 0 aliphatic carbocycles. The Balaban J connectivity index is 1.95. The van der Waals surface area contributed by atoms with Crippen LogP contribution in [0.25, 0.3) is 10.9 Å². The number of hydrogen-bond donors (Lipinski definition) is 3. The molecule has 4 heteroatoms. The highest BCUT2D eigenvalue weighted by Gasteiger charge is 2.07. The summed E-state index contributed by atoms with van der Waals surface area (Å²) in [6.45, 7) is 5.00. The first kappa shape index (κ1) is 14.9. The number of aromatic amines is 1. The monoisotopic (exact) mass is 313 g/mol. The molecular weight excluding hydrogens is 294 g/mol. The molecule has 114 valence electrons.